The van der Waals surface area contributed by atoms with Crippen LogP contribution in [0.1, 0.15) is 52.9 Å². The van der Waals surface area contributed by atoms with Crippen LogP contribution < -0.4 is 0 Å². The highest BCUT2D eigenvalue weighted by Gasteiger charge is 2.86. The van der Waals surface area contributed by atoms with Gasteiger partial charge in [0.25, 0.3) is 0 Å². The lowest BCUT2D eigenvalue weighted by Gasteiger charge is -2.74. The molecule has 2 aliphatic heterocycles. The number of ether oxygens (including phenoxy) is 2. The average Bonchev–Trinajstić information content (AvgIpc) is 2.78. The lowest BCUT2D eigenvalue weighted by atomic mass is 9.36. The summed E-state index contributed by atoms with van der Waals surface area (Å²) in [6.07, 6.45) is 0.281. The fourth-order valence-electron chi connectivity index (χ4n) is 8.15. The van der Waals surface area contributed by atoms with E-state index in [0.717, 1.165) is 6.42 Å². The summed E-state index contributed by atoms with van der Waals surface area (Å²) in [5.41, 5.74) is -3.93. The Balaban J connectivity index is 1.77. The van der Waals surface area contributed by atoms with Gasteiger partial charge in [-0.25, -0.2) is 0 Å². The van der Waals surface area contributed by atoms with E-state index < -0.39 is 52.1 Å². The van der Waals surface area contributed by atoms with Crippen molar-refractivity contribution in [3.63, 3.8) is 0 Å². The van der Waals surface area contributed by atoms with Crippen LogP contribution in [0.5, 0.6) is 0 Å². The van der Waals surface area contributed by atoms with Gasteiger partial charge in [0.1, 0.15) is 12.2 Å². The monoisotopic (exact) mass is 406 g/mol. The summed E-state index contributed by atoms with van der Waals surface area (Å²) >= 11 is 0. The van der Waals surface area contributed by atoms with Crippen molar-refractivity contribution in [2.45, 2.75) is 76.5 Å². The second kappa shape index (κ2) is 5.31. The van der Waals surface area contributed by atoms with Crippen molar-refractivity contribution >= 4 is 11.8 Å². The molecule has 7 nitrogen and oxygen atoms in total. The molecule has 160 valence electrons. The average molecular weight is 406 g/mol. The number of fused-ring (bicyclic) bond motifs is 2. The van der Waals surface area contributed by atoms with Crippen molar-refractivity contribution < 1.29 is 34.4 Å². The van der Waals surface area contributed by atoms with E-state index in [0.29, 0.717) is 19.3 Å². The first kappa shape index (κ1) is 19.7. The van der Waals surface area contributed by atoms with E-state index >= 15 is 0 Å². The molecule has 8 atom stereocenters. The van der Waals surface area contributed by atoms with Gasteiger partial charge in [-0.15, -0.1) is 0 Å². The maximum atomic E-state index is 13.5. The molecule has 0 amide bonds. The summed E-state index contributed by atoms with van der Waals surface area (Å²) in [7, 11) is 0. The molecule has 6 fully saturated rings. The maximum absolute atomic E-state index is 13.5. The van der Waals surface area contributed by atoms with Crippen LogP contribution in [-0.2, 0) is 19.1 Å². The van der Waals surface area contributed by atoms with E-state index in [1.165, 1.54) is 6.92 Å². The smallest absolute Gasteiger partial charge is 0.302 e. The molecule has 2 spiro atoms. The van der Waals surface area contributed by atoms with E-state index in [-0.39, 0.29) is 29.9 Å². The van der Waals surface area contributed by atoms with Gasteiger partial charge in [0, 0.05) is 23.8 Å². The molecular formula is C22H30O7. The highest BCUT2D eigenvalue weighted by molar-refractivity contribution is 6.05. The Morgan fingerprint density at radius 2 is 1.93 bits per heavy atom. The molecule has 0 aromatic carbocycles. The second-order valence-electron chi connectivity index (χ2n) is 10.7. The molecule has 4 saturated carbocycles. The quantitative estimate of drug-likeness (QED) is 0.441. The van der Waals surface area contributed by atoms with Crippen molar-refractivity contribution in [1.82, 2.24) is 0 Å². The first-order valence-corrected chi connectivity index (χ1v) is 10.5. The van der Waals surface area contributed by atoms with Crippen LogP contribution in [0.3, 0.4) is 0 Å². The number of Topliss-reactive ketones (excluding diaryl/α,β-unsaturated/α-hetero) is 1. The lowest BCUT2D eigenvalue weighted by Crippen LogP contribution is -2.84. The van der Waals surface area contributed by atoms with Crippen molar-refractivity contribution in [2.75, 3.05) is 6.61 Å². The van der Waals surface area contributed by atoms with Gasteiger partial charge < -0.3 is 24.8 Å². The molecule has 6 rings (SSSR count). The largest absolute Gasteiger partial charge is 0.462 e. The molecule has 4 aliphatic carbocycles. The van der Waals surface area contributed by atoms with Crippen LogP contribution in [0.2, 0.25) is 0 Å². The fraction of sp³-hybridized carbons (Fsp3) is 0.818. The van der Waals surface area contributed by atoms with Gasteiger partial charge in [0.05, 0.1) is 17.6 Å². The predicted octanol–water partition coefficient (Wildman–Crippen LogP) is 1.09. The number of esters is 1. The Hall–Kier alpha value is -1.28. The number of hydrogen-bond acceptors (Lipinski definition) is 7. The Kier molecular flexibility index (Phi) is 3.60. The van der Waals surface area contributed by atoms with Gasteiger partial charge in [-0.05, 0) is 43.4 Å². The number of aliphatic hydroxyl groups is 3. The molecule has 3 N–H and O–H groups in total. The highest BCUT2D eigenvalue weighted by Crippen LogP contribution is 2.77. The zero-order chi connectivity index (χ0) is 21.2. The summed E-state index contributed by atoms with van der Waals surface area (Å²) in [4.78, 5) is 25.5. The van der Waals surface area contributed by atoms with Gasteiger partial charge in [0.15, 0.2) is 5.78 Å². The third-order valence-electron chi connectivity index (χ3n) is 9.18. The molecule has 6 aliphatic rings. The Labute approximate surface area is 170 Å². The summed E-state index contributed by atoms with van der Waals surface area (Å²) in [6, 6.07) is 0. The zero-order valence-electron chi connectivity index (χ0n) is 17.2. The van der Waals surface area contributed by atoms with Crippen LogP contribution in [-0.4, -0.2) is 57.3 Å². The van der Waals surface area contributed by atoms with E-state index in [1.807, 2.05) is 0 Å². The molecule has 7 heteroatoms. The number of hydrogen-bond donors (Lipinski definition) is 3. The number of aliphatic hydroxyl groups excluding tert-OH is 1. The fourth-order valence-corrected chi connectivity index (χ4v) is 8.15. The molecule has 29 heavy (non-hydrogen) atoms. The Morgan fingerprint density at radius 3 is 2.59 bits per heavy atom. The van der Waals surface area contributed by atoms with E-state index in [1.54, 1.807) is 0 Å². The summed E-state index contributed by atoms with van der Waals surface area (Å²) in [5, 5.41) is 34.3. The predicted molar refractivity (Wildman–Crippen MR) is 100 cm³/mol. The van der Waals surface area contributed by atoms with Crippen LogP contribution in [0.25, 0.3) is 0 Å². The molecule has 0 aromatic heterocycles. The molecule has 2 saturated heterocycles. The third-order valence-corrected chi connectivity index (χ3v) is 9.18. The number of carbonyl (C=O) groups excluding carboxylic acids is 2. The Morgan fingerprint density at radius 1 is 1.24 bits per heavy atom. The first-order valence-electron chi connectivity index (χ1n) is 10.5. The Bertz CT molecular complexity index is 835. The summed E-state index contributed by atoms with van der Waals surface area (Å²) < 4.78 is 11.7. The van der Waals surface area contributed by atoms with E-state index in [4.69, 9.17) is 9.47 Å². The molecule has 2 heterocycles. The third kappa shape index (κ3) is 1.90. The van der Waals surface area contributed by atoms with Crippen LogP contribution in [0.15, 0.2) is 12.2 Å². The number of ketones is 1. The molecule has 0 radical (unpaired) electrons. The van der Waals surface area contributed by atoms with Crippen LogP contribution >= 0.6 is 0 Å². The maximum Gasteiger partial charge on any atom is 0.302 e. The van der Waals surface area contributed by atoms with Gasteiger partial charge in [0.2, 0.25) is 5.79 Å². The lowest BCUT2D eigenvalue weighted by molar-refractivity contribution is -0.450. The van der Waals surface area contributed by atoms with Crippen molar-refractivity contribution in [2.24, 2.45) is 28.1 Å². The normalized spacial score (nSPS) is 54.7. The van der Waals surface area contributed by atoms with Gasteiger partial charge in [-0.1, -0.05) is 20.4 Å². The number of carbonyl (C=O) groups is 2. The molecular weight excluding hydrogens is 376 g/mol. The number of rotatable bonds is 1. The molecule has 8 unspecified atom stereocenters. The van der Waals surface area contributed by atoms with Gasteiger partial charge in [-0.3, -0.25) is 9.59 Å². The summed E-state index contributed by atoms with van der Waals surface area (Å²) in [6.45, 7) is 9.42. The van der Waals surface area contributed by atoms with Gasteiger partial charge in [-0.2, -0.15) is 0 Å². The van der Waals surface area contributed by atoms with Crippen LogP contribution in [0.4, 0.5) is 0 Å². The van der Waals surface area contributed by atoms with Crippen molar-refractivity contribution in [1.29, 1.82) is 0 Å². The molecule has 4 bridgehead atoms. The second-order valence-corrected chi connectivity index (χ2v) is 10.7. The highest BCUT2D eigenvalue weighted by atomic mass is 16.6. The van der Waals surface area contributed by atoms with Crippen LogP contribution in [0, 0.1) is 28.1 Å². The van der Waals surface area contributed by atoms with E-state index in [2.05, 4.69) is 20.4 Å². The standard InChI is InChI=1S/C22H30O7/c1-11-16(24)21-9-19(11,26)8-5-13(21)20-10-28-22(21,27)17(25)15(20)18(3,4)7-6-14(20)29-12(2)23/h13-15,17,25-27H,1,5-10H2,2-4H3. The minimum atomic E-state index is -2.09. The minimum Gasteiger partial charge on any atom is -0.462 e. The molecule has 0 aromatic rings. The first-order chi connectivity index (χ1) is 13.4. The van der Waals surface area contributed by atoms with Crippen molar-refractivity contribution in [3.05, 3.63) is 12.2 Å². The minimum absolute atomic E-state index is 0.0163. The van der Waals surface area contributed by atoms with Crippen molar-refractivity contribution in [3.8, 4) is 0 Å². The SMILES string of the molecule is C=C1C(=O)C23CC1(O)CCC2C12COC3(O)C(O)C1C(C)(C)CCC2OC(C)=O. The topological polar surface area (TPSA) is 113 Å². The van der Waals surface area contributed by atoms with Gasteiger partial charge >= 0.3 is 5.97 Å². The zero-order valence-corrected chi connectivity index (χ0v) is 17.2. The van der Waals surface area contributed by atoms with E-state index in [9.17, 15) is 24.9 Å². The summed E-state index contributed by atoms with van der Waals surface area (Å²) in [5.74, 6) is -3.71.